The Morgan fingerprint density at radius 3 is 2.70 bits per heavy atom. The minimum absolute atomic E-state index is 0.106. The number of rotatable bonds is 5. The number of halogens is 1. The Hall–Kier alpha value is -3.07. The summed E-state index contributed by atoms with van der Waals surface area (Å²) in [5.74, 6) is -0.227. The molecule has 0 atom stereocenters. The molecular weight excluding hydrogens is 376 g/mol. The van der Waals surface area contributed by atoms with E-state index in [0.717, 1.165) is 4.57 Å². The molecule has 0 radical (unpaired) electrons. The van der Waals surface area contributed by atoms with Gasteiger partial charge in [-0.2, -0.15) is 0 Å². The van der Waals surface area contributed by atoms with Gasteiger partial charge in [0.25, 0.3) is 5.56 Å². The van der Waals surface area contributed by atoms with E-state index in [1.807, 2.05) is 0 Å². The number of imidazole rings is 1. The maximum atomic E-state index is 12.6. The number of ether oxygens (including phenoxy) is 2. The van der Waals surface area contributed by atoms with Crippen LogP contribution in [0, 0.1) is 0 Å². The van der Waals surface area contributed by atoms with Gasteiger partial charge >= 0.3 is 11.7 Å². The minimum atomic E-state index is -0.738. The Balaban J connectivity index is 1.85. The lowest BCUT2D eigenvalue weighted by atomic mass is 10.2. The van der Waals surface area contributed by atoms with Gasteiger partial charge in [0, 0.05) is 24.7 Å². The van der Waals surface area contributed by atoms with Crippen molar-refractivity contribution >= 4 is 28.7 Å². The molecule has 2 aromatic heterocycles. The fraction of sp³-hybridized carbons (Fsp3) is 0.294. The molecule has 0 unspecified atom stereocenters. The highest BCUT2D eigenvalue weighted by Crippen LogP contribution is 2.23. The lowest BCUT2D eigenvalue weighted by Gasteiger charge is -2.11. The highest BCUT2D eigenvalue weighted by molar-refractivity contribution is 6.30. The highest BCUT2D eigenvalue weighted by atomic mass is 35.5. The molecule has 0 saturated heterocycles. The van der Waals surface area contributed by atoms with Crippen molar-refractivity contribution in [1.29, 1.82) is 0 Å². The number of methoxy groups -OCH3 is 1. The first kappa shape index (κ1) is 18.7. The van der Waals surface area contributed by atoms with Crippen molar-refractivity contribution in [3.8, 4) is 5.75 Å². The van der Waals surface area contributed by atoms with Gasteiger partial charge < -0.3 is 14.0 Å². The molecule has 0 aliphatic rings. The van der Waals surface area contributed by atoms with E-state index < -0.39 is 23.8 Å². The lowest BCUT2D eigenvalue weighted by Crippen LogP contribution is -2.41. The average Bonchev–Trinajstić information content (AvgIpc) is 3.03. The third kappa shape index (κ3) is 3.45. The first-order valence-electron chi connectivity index (χ1n) is 7.92. The summed E-state index contributed by atoms with van der Waals surface area (Å²) in [7, 11) is 4.60. The fourth-order valence-corrected chi connectivity index (χ4v) is 2.92. The normalized spacial score (nSPS) is 11.0. The molecule has 0 amide bonds. The number of benzene rings is 1. The molecular formula is C17H17ClN4O5. The van der Waals surface area contributed by atoms with Crippen LogP contribution >= 0.6 is 11.6 Å². The summed E-state index contributed by atoms with van der Waals surface area (Å²) in [5, 5.41) is 0.466. The Morgan fingerprint density at radius 2 is 2.00 bits per heavy atom. The highest BCUT2D eigenvalue weighted by Gasteiger charge is 2.18. The van der Waals surface area contributed by atoms with Crippen LogP contribution < -0.4 is 16.0 Å². The Morgan fingerprint density at radius 1 is 1.26 bits per heavy atom. The van der Waals surface area contributed by atoms with Crippen molar-refractivity contribution in [2.75, 3.05) is 7.11 Å². The number of nitrogens with zero attached hydrogens (tertiary/aromatic N) is 4. The van der Waals surface area contributed by atoms with E-state index in [4.69, 9.17) is 21.1 Å². The van der Waals surface area contributed by atoms with Gasteiger partial charge in [-0.25, -0.2) is 14.3 Å². The van der Waals surface area contributed by atoms with Crippen LogP contribution in [0.25, 0.3) is 11.2 Å². The number of fused-ring (bicyclic) bond motifs is 1. The maximum Gasteiger partial charge on any atom is 0.333 e. The lowest BCUT2D eigenvalue weighted by molar-refractivity contribution is -0.145. The van der Waals surface area contributed by atoms with Crippen molar-refractivity contribution in [2.24, 2.45) is 14.1 Å². The summed E-state index contributed by atoms with van der Waals surface area (Å²) >= 11 is 5.94. The average molecular weight is 393 g/mol. The Labute approximate surface area is 158 Å². The van der Waals surface area contributed by atoms with Crippen LogP contribution in [0.3, 0.4) is 0 Å². The number of hydrogen-bond acceptors (Lipinski definition) is 6. The summed E-state index contributed by atoms with van der Waals surface area (Å²) in [5.41, 5.74) is -0.211. The minimum Gasteiger partial charge on any atom is -0.496 e. The summed E-state index contributed by atoms with van der Waals surface area (Å²) in [6, 6.07) is 4.92. The summed E-state index contributed by atoms with van der Waals surface area (Å²) < 4.78 is 13.9. The molecule has 0 saturated carbocycles. The summed E-state index contributed by atoms with van der Waals surface area (Å²) in [4.78, 5) is 41.2. The van der Waals surface area contributed by atoms with Gasteiger partial charge in [0.2, 0.25) is 0 Å². The number of aromatic nitrogens is 4. The van der Waals surface area contributed by atoms with Crippen molar-refractivity contribution in [1.82, 2.24) is 18.7 Å². The standard InChI is InChI=1S/C17H17ClN4O5/c1-20-9-19-15-14(20)16(24)22(17(25)21(15)2)7-13(23)27-8-10-6-11(18)4-5-12(10)26-3/h4-6,9H,7-8H2,1-3H3. The predicted molar refractivity (Wildman–Crippen MR) is 98.0 cm³/mol. The van der Waals surface area contributed by atoms with Crippen molar-refractivity contribution in [3.63, 3.8) is 0 Å². The second kappa shape index (κ2) is 7.28. The number of carbonyl (C=O) groups excluding carboxylic acids is 1. The van der Waals surface area contributed by atoms with Gasteiger partial charge in [0.05, 0.1) is 13.4 Å². The molecule has 3 rings (SSSR count). The molecule has 1 aromatic carbocycles. The largest absolute Gasteiger partial charge is 0.496 e. The van der Waals surface area contributed by atoms with Crippen LogP contribution in [-0.2, 0) is 36.8 Å². The van der Waals surface area contributed by atoms with Gasteiger partial charge in [-0.15, -0.1) is 0 Å². The maximum absolute atomic E-state index is 12.6. The second-order valence-corrected chi connectivity index (χ2v) is 6.31. The van der Waals surface area contributed by atoms with E-state index in [2.05, 4.69) is 4.98 Å². The van der Waals surface area contributed by atoms with Gasteiger partial charge in [0.1, 0.15) is 18.9 Å². The Bertz CT molecular complexity index is 1140. The fourth-order valence-electron chi connectivity index (χ4n) is 2.73. The number of aryl methyl sites for hydroxylation is 2. The van der Waals surface area contributed by atoms with Gasteiger partial charge in [0.15, 0.2) is 11.2 Å². The molecule has 2 heterocycles. The second-order valence-electron chi connectivity index (χ2n) is 5.88. The van der Waals surface area contributed by atoms with Gasteiger partial charge in [-0.05, 0) is 18.2 Å². The first-order chi connectivity index (χ1) is 12.8. The van der Waals surface area contributed by atoms with Crippen LogP contribution in [0.4, 0.5) is 0 Å². The van der Waals surface area contributed by atoms with Crippen LogP contribution in [0.2, 0.25) is 5.02 Å². The van der Waals surface area contributed by atoms with Crippen molar-refractivity contribution < 1.29 is 14.3 Å². The summed E-state index contributed by atoms with van der Waals surface area (Å²) in [6.07, 6.45) is 1.43. The van der Waals surface area contributed by atoms with Crippen molar-refractivity contribution in [3.05, 3.63) is 56.0 Å². The molecule has 9 nitrogen and oxygen atoms in total. The van der Waals surface area contributed by atoms with E-state index in [-0.39, 0.29) is 17.8 Å². The molecule has 0 N–H and O–H groups in total. The van der Waals surface area contributed by atoms with Gasteiger partial charge in [-0.1, -0.05) is 11.6 Å². The molecule has 0 spiro atoms. The number of esters is 1. The van der Waals surface area contributed by atoms with E-state index in [0.29, 0.717) is 16.3 Å². The SMILES string of the molecule is COc1ccc(Cl)cc1COC(=O)Cn1c(=O)c2c(ncn2C)n(C)c1=O. The topological polar surface area (TPSA) is 97.3 Å². The van der Waals surface area contributed by atoms with E-state index >= 15 is 0 Å². The zero-order valence-electron chi connectivity index (χ0n) is 14.9. The smallest absolute Gasteiger partial charge is 0.333 e. The molecule has 0 aliphatic carbocycles. The third-order valence-electron chi connectivity index (χ3n) is 4.12. The van der Waals surface area contributed by atoms with E-state index in [1.165, 1.54) is 29.6 Å². The number of hydrogen-bond donors (Lipinski definition) is 0. The van der Waals surface area contributed by atoms with Crippen LogP contribution in [0.1, 0.15) is 5.56 Å². The molecule has 0 fully saturated rings. The zero-order chi connectivity index (χ0) is 19.7. The first-order valence-corrected chi connectivity index (χ1v) is 8.30. The quantitative estimate of drug-likeness (QED) is 0.597. The molecule has 3 aromatic rings. The molecule has 10 heteroatoms. The Kier molecular flexibility index (Phi) is 5.04. The van der Waals surface area contributed by atoms with Gasteiger partial charge in [-0.3, -0.25) is 14.2 Å². The third-order valence-corrected chi connectivity index (χ3v) is 4.35. The molecule has 0 bridgehead atoms. The zero-order valence-corrected chi connectivity index (χ0v) is 15.7. The predicted octanol–water partition coefficient (Wildman–Crippen LogP) is 0.839. The van der Waals surface area contributed by atoms with Crippen LogP contribution in [0.15, 0.2) is 34.1 Å². The molecule has 0 aliphatic heterocycles. The van der Waals surface area contributed by atoms with E-state index in [1.54, 1.807) is 25.2 Å². The summed E-state index contributed by atoms with van der Waals surface area (Å²) in [6.45, 7) is -0.624. The monoisotopic (exact) mass is 392 g/mol. The molecule has 27 heavy (non-hydrogen) atoms. The van der Waals surface area contributed by atoms with E-state index in [9.17, 15) is 14.4 Å². The van der Waals surface area contributed by atoms with Crippen molar-refractivity contribution in [2.45, 2.75) is 13.2 Å². The molecule has 142 valence electrons. The van der Waals surface area contributed by atoms with Crippen LogP contribution in [0.5, 0.6) is 5.75 Å². The van der Waals surface area contributed by atoms with Crippen LogP contribution in [-0.4, -0.2) is 31.8 Å². The number of carbonyl (C=O) groups is 1.